The molecule has 9 rings (SSSR count). The summed E-state index contributed by atoms with van der Waals surface area (Å²) in [6.45, 7) is 0. The van der Waals surface area contributed by atoms with E-state index in [1.807, 2.05) is 12.3 Å². The Morgan fingerprint density at radius 3 is 1.77 bits per heavy atom. The van der Waals surface area contributed by atoms with Gasteiger partial charge in [0.25, 0.3) is 0 Å². The van der Waals surface area contributed by atoms with E-state index in [-0.39, 0.29) is 0 Å². The van der Waals surface area contributed by atoms with E-state index in [9.17, 15) is 0 Å². The molecule has 0 unspecified atom stereocenters. The standard InChI is InChI=1S/C36H22N4/c1-3-14-25-23(10-1)12-7-18-29(25)39-31-17-6-5-16-27(31)35-33(39)22-28-34-32(20-9-21-37-34)40(36(28)38-35)30-19-8-13-24-11-2-4-15-26(24)30/h1-22H. The van der Waals surface area contributed by atoms with Crippen LogP contribution >= 0.6 is 0 Å². The van der Waals surface area contributed by atoms with Crippen LogP contribution < -0.4 is 0 Å². The topological polar surface area (TPSA) is 35.6 Å². The predicted octanol–water partition coefficient (Wildman–Crippen LogP) is 8.98. The fourth-order valence-corrected chi connectivity index (χ4v) is 6.41. The van der Waals surface area contributed by atoms with Crippen LogP contribution in [0.25, 0.3) is 76.9 Å². The van der Waals surface area contributed by atoms with Gasteiger partial charge in [0.2, 0.25) is 0 Å². The number of pyridine rings is 2. The molecule has 40 heavy (non-hydrogen) atoms. The van der Waals surface area contributed by atoms with Crippen LogP contribution in [0.2, 0.25) is 0 Å². The van der Waals surface area contributed by atoms with Gasteiger partial charge in [-0.15, -0.1) is 0 Å². The second kappa shape index (κ2) is 8.01. The molecule has 0 bridgehead atoms. The lowest BCUT2D eigenvalue weighted by molar-refractivity contribution is 1.15. The molecule has 0 saturated heterocycles. The maximum atomic E-state index is 5.45. The molecule has 4 heteroatoms. The Labute approximate surface area is 229 Å². The van der Waals surface area contributed by atoms with E-state index >= 15 is 0 Å². The van der Waals surface area contributed by atoms with Gasteiger partial charge in [0.15, 0.2) is 0 Å². The molecular formula is C36H22N4. The van der Waals surface area contributed by atoms with Crippen molar-refractivity contribution in [1.29, 1.82) is 0 Å². The average molecular weight is 511 g/mol. The third-order valence-corrected chi connectivity index (χ3v) is 8.13. The lowest BCUT2D eigenvalue weighted by atomic mass is 10.1. The first-order valence-corrected chi connectivity index (χ1v) is 13.5. The van der Waals surface area contributed by atoms with Crippen molar-refractivity contribution in [2.75, 3.05) is 0 Å². The summed E-state index contributed by atoms with van der Waals surface area (Å²) in [5.74, 6) is 0. The molecule has 0 aliphatic rings. The lowest BCUT2D eigenvalue weighted by Crippen LogP contribution is -1.98. The Morgan fingerprint density at radius 2 is 1.02 bits per heavy atom. The van der Waals surface area contributed by atoms with Crippen molar-refractivity contribution < 1.29 is 0 Å². The largest absolute Gasteiger partial charge is 0.307 e. The minimum absolute atomic E-state index is 0.915. The van der Waals surface area contributed by atoms with Crippen LogP contribution in [0.5, 0.6) is 0 Å². The number of hydrogen-bond donors (Lipinski definition) is 0. The maximum Gasteiger partial charge on any atom is 0.148 e. The number of benzene rings is 5. The van der Waals surface area contributed by atoms with E-state index < -0.39 is 0 Å². The second-order valence-corrected chi connectivity index (χ2v) is 10.3. The SMILES string of the molecule is c1ccc2c(-n3c4ccccc4c4nc5c(cc43)c3ncccc3n5-c3cccc4ccccc34)cccc2c1. The van der Waals surface area contributed by atoms with E-state index in [0.29, 0.717) is 0 Å². The van der Waals surface area contributed by atoms with Gasteiger partial charge in [-0.3, -0.25) is 9.55 Å². The highest BCUT2D eigenvalue weighted by Crippen LogP contribution is 2.39. The zero-order valence-corrected chi connectivity index (χ0v) is 21.5. The van der Waals surface area contributed by atoms with Crippen molar-refractivity contribution in [3.63, 3.8) is 0 Å². The van der Waals surface area contributed by atoms with Gasteiger partial charge >= 0.3 is 0 Å². The van der Waals surface area contributed by atoms with Gasteiger partial charge in [-0.25, -0.2) is 4.98 Å². The fraction of sp³-hybridized carbons (Fsp3) is 0. The van der Waals surface area contributed by atoms with Gasteiger partial charge in [0.1, 0.15) is 5.65 Å². The van der Waals surface area contributed by atoms with Crippen LogP contribution in [0.4, 0.5) is 0 Å². The molecule has 9 aromatic rings. The van der Waals surface area contributed by atoms with E-state index in [0.717, 1.165) is 55.4 Å². The molecule has 4 aromatic heterocycles. The van der Waals surface area contributed by atoms with Gasteiger partial charge in [-0.05, 0) is 47.2 Å². The summed E-state index contributed by atoms with van der Waals surface area (Å²) in [7, 11) is 0. The van der Waals surface area contributed by atoms with Crippen molar-refractivity contribution in [3.05, 3.63) is 134 Å². The third-order valence-electron chi connectivity index (χ3n) is 8.13. The highest BCUT2D eigenvalue weighted by Gasteiger charge is 2.21. The highest BCUT2D eigenvalue weighted by molar-refractivity contribution is 6.16. The lowest BCUT2D eigenvalue weighted by Gasteiger charge is -2.12. The first-order chi connectivity index (χ1) is 19.9. The first kappa shape index (κ1) is 21.5. The smallest absolute Gasteiger partial charge is 0.148 e. The Bertz CT molecular complexity index is 2260. The van der Waals surface area contributed by atoms with Gasteiger partial charge in [0.05, 0.1) is 39.0 Å². The molecule has 0 atom stereocenters. The van der Waals surface area contributed by atoms with E-state index in [1.165, 1.54) is 21.5 Å². The van der Waals surface area contributed by atoms with Gasteiger partial charge in [-0.2, -0.15) is 0 Å². The molecule has 0 spiro atoms. The molecule has 4 nitrogen and oxygen atoms in total. The summed E-state index contributed by atoms with van der Waals surface area (Å²) in [4.78, 5) is 10.3. The molecule has 5 aromatic carbocycles. The van der Waals surface area contributed by atoms with Crippen molar-refractivity contribution in [2.45, 2.75) is 0 Å². The summed E-state index contributed by atoms with van der Waals surface area (Å²) >= 11 is 0. The molecule has 186 valence electrons. The minimum Gasteiger partial charge on any atom is -0.307 e. The maximum absolute atomic E-state index is 5.45. The van der Waals surface area contributed by atoms with Crippen LogP contribution in [0.1, 0.15) is 0 Å². The number of nitrogens with zero attached hydrogens (tertiary/aromatic N) is 4. The summed E-state index contributed by atoms with van der Waals surface area (Å²) in [6.07, 6.45) is 1.87. The summed E-state index contributed by atoms with van der Waals surface area (Å²) in [5.41, 5.74) is 8.38. The average Bonchev–Trinajstić information content (AvgIpc) is 3.51. The molecule has 0 N–H and O–H groups in total. The van der Waals surface area contributed by atoms with Crippen LogP contribution in [-0.4, -0.2) is 19.1 Å². The zero-order chi connectivity index (χ0) is 26.2. The molecule has 4 heterocycles. The molecular weight excluding hydrogens is 488 g/mol. The summed E-state index contributed by atoms with van der Waals surface area (Å²) < 4.78 is 4.65. The van der Waals surface area contributed by atoms with Crippen LogP contribution in [0.15, 0.2) is 134 Å². The van der Waals surface area contributed by atoms with E-state index in [2.05, 4.69) is 130 Å². The van der Waals surface area contributed by atoms with E-state index in [4.69, 9.17) is 9.97 Å². The molecule has 0 fully saturated rings. The van der Waals surface area contributed by atoms with Crippen molar-refractivity contribution in [2.24, 2.45) is 0 Å². The summed E-state index contributed by atoms with van der Waals surface area (Å²) in [6, 6.07) is 45.1. The summed E-state index contributed by atoms with van der Waals surface area (Å²) in [5, 5.41) is 6.99. The number of hydrogen-bond acceptors (Lipinski definition) is 2. The molecule has 0 aliphatic carbocycles. The number of aromatic nitrogens is 4. The first-order valence-electron chi connectivity index (χ1n) is 13.5. The van der Waals surface area contributed by atoms with Crippen molar-refractivity contribution >= 4 is 65.5 Å². The van der Waals surface area contributed by atoms with Gasteiger partial charge < -0.3 is 4.57 Å². The molecule has 0 aliphatic heterocycles. The second-order valence-electron chi connectivity index (χ2n) is 10.3. The number of para-hydroxylation sites is 1. The Balaban J connectivity index is 1.48. The highest BCUT2D eigenvalue weighted by atomic mass is 15.1. The normalized spacial score (nSPS) is 12.0. The van der Waals surface area contributed by atoms with Crippen molar-refractivity contribution in [3.8, 4) is 11.4 Å². The third kappa shape index (κ3) is 2.85. The van der Waals surface area contributed by atoms with Crippen molar-refractivity contribution in [1.82, 2.24) is 19.1 Å². The molecule has 0 saturated carbocycles. The Kier molecular flexibility index (Phi) is 4.30. The van der Waals surface area contributed by atoms with Crippen LogP contribution in [-0.2, 0) is 0 Å². The fourth-order valence-electron chi connectivity index (χ4n) is 6.41. The molecule has 0 amide bonds. The zero-order valence-electron chi connectivity index (χ0n) is 21.5. The van der Waals surface area contributed by atoms with E-state index in [1.54, 1.807) is 0 Å². The monoisotopic (exact) mass is 510 g/mol. The predicted molar refractivity (Wildman–Crippen MR) is 166 cm³/mol. The Morgan fingerprint density at radius 1 is 0.425 bits per heavy atom. The van der Waals surface area contributed by atoms with Gasteiger partial charge in [-0.1, -0.05) is 91.0 Å². The van der Waals surface area contributed by atoms with Crippen LogP contribution in [0.3, 0.4) is 0 Å². The van der Waals surface area contributed by atoms with Crippen LogP contribution in [0, 0.1) is 0 Å². The Hall–Kier alpha value is -5.48. The minimum atomic E-state index is 0.915. The number of rotatable bonds is 2. The number of fused-ring (bicyclic) bond motifs is 8. The quantitative estimate of drug-likeness (QED) is 0.233. The molecule has 0 radical (unpaired) electrons. The van der Waals surface area contributed by atoms with Gasteiger partial charge in [0, 0.05) is 27.7 Å².